The molecule has 2 aliphatic carbocycles. The van der Waals surface area contributed by atoms with Crippen molar-refractivity contribution in [3.63, 3.8) is 0 Å². The summed E-state index contributed by atoms with van der Waals surface area (Å²) in [5.41, 5.74) is 0. The van der Waals surface area contributed by atoms with E-state index in [-0.39, 0.29) is 0 Å². The highest BCUT2D eigenvalue weighted by Crippen LogP contribution is 2.35. The summed E-state index contributed by atoms with van der Waals surface area (Å²) in [7, 11) is 0. The first-order chi connectivity index (χ1) is 8.38. The zero-order valence-corrected chi connectivity index (χ0v) is 11.9. The molecule has 0 saturated heterocycles. The van der Waals surface area contributed by atoms with E-state index in [0.717, 1.165) is 17.8 Å². The average Bonchev–Trinajstić information content (AvgIpc) is 2.40. The molecule has 100 valence electrons. The minimum absolute atomic E-state index is 1.06. The third-order valence-electron chi connectivity index (χ3n) is 5.36. The van der Waals surface area contributed by atoms with Gasteiger partial charge in [-0.3, -0.25) is 0 Å². The molecule has 2 saturated carbocycles. The molecule has 0 unspecified atom stereocenters. The smallest absolute Gasteiger partial charge is 0.0412 e. The van der Waals surface area contributed by atoms with Crippen molar-refractivity contribution >= 4 is 0 Å². The first-order valence-electron chi connectivity index (χ1n) is 8.38. The number of hydrogen-bond donors (Lipinski definition) is 0. The van der Waals surface area contributed by atoms with Gasteiger partial charge in [0.25, 0.3) is 0 Å². The van der Waals surface area contributed by atoms with Crippen molar-refractivity contribution in [3.8, 4) is 0 Å². The van der Waals surface area contributed by atoms with Crippen molar-refractivity contribution in [3.05, 3.63) is 0 Å². The quantitative estimate of drug-likeness (QED) is 0.553. The molecule has 0 spiro atoms. The van der Waals surface area contributed by atoms with E-state index in [1.807, 2.05) is 0 Å². The maximum Gasteiger partial charge on any atom is -0.0412 e. The van der Waals surface area contributed by atoms with Gasteiger partial charge in [-0.25, -0.2) is 0 Å². The van der Waals surface area contributed by atoms with Crippen molar-refractivity contribution in [2.45, 2.75) is 90.4 Å². The van der Waals surface area contributed by atoms with Gasteiger partial charge in [-0.15, -0.1) is 0 Å². The molecule has 0 heterocycles. The summed E-state index contributed by atoms with van der Waals surface area (Å²) in [5, 5.41) is 0. The Kier molecular flexibility index (Phi) is 5.88. The second-order valence-electron chi connectivity index (χ2n) is 6.75. The van der Waals surface area contributed by atoms with Crippen LogP contribution in [0, 0.1) is 17.8 Å². The molecule has 2 rings (SSSR count). The molecule has 17 heavy (non-hydrogen) atoms. The fourth-order valence-corrected chi connectivity index (χ4v) is 4.22. The summed E-state index contributed by atoms with van der Waals surface area (Å²) >= 11 is 0. The Hall–Kier alpha value is 0. The van der Waals surface area contributed by atoms with Crippen LogP contribution in [0.1, 0.15) is 90.4 Å². The maximum atomic E-state index is 2.43. The zero-order chi connectivity index (χ0) is 11.9. The fraction of sp³-hybridized carbons (Fsp3) is 1.00. The first kappa shape index (κ1) is 13.4. The Morgan fingerprint density at radius 2 is 1.12 bits per heavy atom. The Bertz CT molecular complexity index is 164. The van der Waals surface area contributed by atoms with E-state index < -0.39 is 0 Å². The molecule has 0 aromatic carbocycles. The monoisotopic (exact) mass is 236 g/mol. The maximum absolute atomic E-state index is 2.43. The van der Waals surface area contributed by atoms with Crippen molar-refractivity contribution in [2.24, 2.45) is 17.8 Å². The predicted molar refractivity (Wildman–Crippen MR) is 76.2 cm³/mol. The molecular weight excluding hydrogens is 204 g/mol. The molecule has 2 aliphatic rings. The van der Waals surface area contributed by atoms with Gasteiger partial charge in [-0.05, 0) is 30.6 Å². The minimum Gasteiger partial charge on any atom is -0.0651 e. The van der Waals surface area contributed by atoms with Crippen molar-refractivity contribution < 1.29 is 0 Å². The second kappa shape index (κ2) is 7.44. The summed E-state index contributed by atoms with van der Waals surface area (Å²) in [4.78, 5) is 0. The van der Waals surface area contributed by atoms with Crippen LogP contribution < -0.4 is 0 Å². The summed E-state index contributed by atoms with van der Waals surface area (Å²) in [6.45, 7) is 2.43. The Labute approximate surface area is 109 Å². The molecule has 0 N–H and O–H groups in total. The molecule has 0 aromatic heterocycles. The molecule has 0 heteroatoms. The van der Waals surface area contributed by atoms with Crippen LogP contribution in [0.15, 0.2) is 0 Å². The Balaban J connectivity index is 1.71. The minimum atomic E-state index is 1.06. The van der Waals surface area contributed by atoms with Crippen LogP contribution in [-0.4, -0.2) is 0 Å². The summed E-state index contributed by atoms with van der Waals surface area (Å²) in [5.74, 6) is 3.25. The van der Waals surface area contributed by atoms with Gasteiger partial charge in [0.1, 0.15) is 0 Å². The van der Waals surface area contributed by atoms with Gasteiger partial charge in [0.05, 0.1) is 0 Å². The van der Waals surface area contributed by atoms with Crippen LogP contribution in [0.5, 0.6) is 0 Å². The van der Waals surface area contributed by atoms with E-state index in [1.54, 1.807) is 38.5 Å². The summed E-state index contributed by atoms with van der Waals surface area (Å²) in [6.07, 6.45) is 19.8. The van der Waals surface area contributed by atoms with Gasteiger partial charge in [-0.1, -0.05) is 77.6 Å². The van der Waals surface area contributed by atoms with E-state index in [2.05, 4.69) is 6.92 Å². The van der Waals surface area contributed by atoms with Crippen molar-refractivity contribution in [1.82, 2.24) is 0 Å². The van der Waals surface area contributed by atoms with Gasteiger partial charge in [-0.2, -0.15) is 0 Å². The van der Waals surface area contributed by atoms with E-state index in [0.29, 0.717) is 0 Å². The van der Waals surface area contributed by atoms with Crippen molar-refractivity contribution in [1.29, 1.82) is 0 Å². The summed E-state index contributed by atoms with van der Waals surface area (Å²) < 4.78 is 0. The lowest BCUT2D eigenvalue weighted by Gasteiger charge is -2.30. The van der Waals surface area contributed by atoms with E-state index in [4.69, 9.17) is 0 Å². The van der Waals surface area contributed by atoms with Gasteiger partial charge >= 0.3 is 0 Å². The molecule has 2 fully saturated rings. The molecular formula is C17H32. The number of hydrogen-bond acceptors (Lipinski definition) is 0. The molecule has 0 radical (unpaired) electrons. The van der Waals surface area contributed by atoms with Crippen LogP contribution in [0.2, 0.25) is 0 Å². The lowest BCUT2D eigenvalue weighted by Crippen LogP contribution is -2.16. The van der Waals surface area contributed by atoms with Gasteiger partial charge in [0.15, 0.2) is 0 Å². The third-order valence-corrected chi connectivity index (χ3v) is 5.36. The first-order valence-corrected chi connectivity index (χ1v) is 8.38. The topological polar surface area (TPSA) is 0 Å². The highest BCUT2D eigenvalue weighted by Gasteiger charge is 2.22. The van der Waals surface area contributed by atoms with E-state index >= 15 is 0 Å². The largest absolute Gasteiger partial charge is 0.0651 e. The molecule has 0 aliphatic heterocycles. The van der Waals surface area contributed by atoms with Crippen LogP contribution in [-0.2, 0) is 0 Å². The van der Waals surface area contributed by atoms with Crippen LogP contribution in [0.3, 0.4) is 0 Å². The Morgan fingerprint density at radius 3 is 1.47 bits per heavy atom. The zero-order valence-electron chi connectivity index (χ0n) is 11.9. The van der Waals surface area contributed by atoms with Gasteiger partial charge in [0, 0.05) is 0 Å². The molecule has 0 aromatic rings. The normalized spacial score (nSPS) is 24.4. The Morgan fingerprint density at radius 1 is 0.706 bits per heavy atom. The predicted octanol–water partition coefficient (Wildman–Crippen LogP) is 5.95. The lowest BCUT2D eigenvalue weighted by molar-refractivity contribution is 0.226. The van der Waals surface area contributed by atoms with E-state index in [9.17, 15) is 0 Å². The molecule has 0 nitrogen and oxygen atoms in total. The highest BCUT2D eigenvalue weighted by atomic mass is 14.3. The average molecular weight is 236 g/mol. The summed E-state index contributed by atoms with van der Waals surface area (Å²) in [6, 6.07) is 0. The van der Waals surface area contributed by atoms with Crippen LogP contribution >= 0.6 is 0 Å². The van der Waals surface area contributed by atoms with Crippen LogP contribution in [0.25, 0.3) is 0 Å². The van der Waals surface area contributed by atoms with Gasteiger partial charge in [0.2, 0.25) is 0 Å². The second-order valence-corrected chi connectivity index (χ2v) is 6.75. The molecule has 0 amide bonds. The fourth-order valence-electron chi connectivity index (χ4n) is 4.22. The van der Waals surface area contributed by atoms with Crippen LogP contribution in [0.4, 0.5) is 0 Å². The third kappa shape index (κ3) is 4.64. The lowest BCUT2D eigenvalue weighted by atomic mass is 9.76. The number of rotatable bonds is 5. The van der Waals surface area contributed by atoms with E-state index in [1.165, 1.54) is 44.9 Å². The van der Waals surface area contributed by atoms with Gasteiger partial charge < -0.3 is 0 Å². The standard InChI is InChI=1S/C17H32/c1-2-15(13-16-9-5-3-6-10-16)14-17-11-7-4-8-12-17/h15-17H,2-14H2,1H3. The van der Waals surface area contributed by atoms with Crippen molar-refractivity contribution in [2.75, 3.05) is 0 Å². The highest BCUT2D eigenvalue weighted by molar-refractivity contribution is 4.74. The molecule has 0 atom stereocenters. The molecule has 0 bridgehead atoms. The SMILES string of the molecule is CCC(CC1CCCCC1)CC1CCCCC1.